The Balaban J connectivity index is 2.09. The smallest absolute Gasteiger partial charge is 0.478 e. The lowest BCUT2D eigenvalue weighted by molar-refractivity contribution is 0.00578. The normalized spacial score (nSPS) is 20.2. The fraction of sp³-hybridized carbons (Fsp3) is 0.562. The number of pyridine rings is 1. The molecule has 0 aromatic carbocycles. The Morgan fingerprint density at radius 1 is 1.19 bits per heavy atom. The molecule has 0 aliphatic carbocycles. The van der Waals surface area contributed by atoms with Crippen molar-refractivity contribution in [2.24, 2.45) is 0 Å². The first-order valence-electron chi connectivity index (χ1n) is 7.39. The monoisotopic (exact) mass is 289 g/mol. The van der Waals surface area contributed by atoms with Crippen LogP contribution >= 0.6 is 0 Å². The molecular formula is C16H24BNO3. The first-order valence-corrected chi connectivity index (χ1v) is 7.39. The maximum absolute atomic E-state index is 5.93. The lowest BCUT2D eigenvalue weighted by atomic mass is 9.89. The van der Waals surface area contributed by atoms with Gasteiger partial charge in [0.2, 0.25) is 5.88 Å². The van der Waals surface area contributed by atoms with Crippen LogP contribution in [0.15, 0.2) is 18.1 Å². The predicted molar refractivity (Wildman–Crippen MR) is 85.3 cm³/mol. The summed E-state index contributed by atoms with van der Waals surface area (Å²) in [7, 11) is -0.332. The van der Waals surface area contributed by atoms with Gasteiger partial charge in [0.25, 0.3) is 0 Å². The number of hydrogen-bond acceptors (Lipinski definition) is 4. The zero-order chi connectivity index (χ0) is 15.7. The topological polar surface area (TPSA) is 40.6 Å². The standard InChI is InChI=1S/C16H24BNO3/c1-7-19-14-9-8-13(12(2)18-14)10-11-17-20-15(3,4)16(5,6)21-17/h8-11H,7H2,1-6H3/b11-10+. The molecule has 1 aliphatic heterocycles. The van der Waals surface area contributed by atoms with Gasteiger partial charge >= 0.3 is 7.12 Å². The second kappa shape index (κ2) is 5.81. The van der Waals surface area contributed by atoms with E-state index in [1.807, 2.05) is 65.7 Å². The summed E-state index contributed by atoms with van der Waals surface area (Å²) in [6, 6.07) is 3.87. The molecule has 0 spiro atoms. The Bertz CT molecular complexity index is 524. The third kappa shape index (κ3) is 3.47. The van der Waals surface area contributed by atoms with Gasteiger partial charge in [0.15, 0.2) is 0 Å². The molecule has 2 rings (SSSR count). The summed E-state index contributed by atoms with van der Waals surface area (Å²) in [5.41, 5.74) is 1.34. The van der Waals surface area contributed by atoms with Crippen LogP contribution in [0.1, 0.15) is 45.9 Å². The summed E-state index contributed by atoms with van der Waals surface area (Å²) in [5, 5.41) is 0. The molecule has 0 N–H and O–H groups in total. The molecule has 1 aromatic rings. The number of nitrogens with zero attached hydrogens (tertiary/aromatic N) is 1. The lowest BCUT2D eigenvalue weighted by Gasteiger charge is -2.32. The number of hydrogen-bond donors (Lipinski definition) is 0. The van der Waals surface area contributed by atoms with Crippen LogP contribution in [0.5, 0.6) is 5.88 Å². The number of aromatic nitrogens is 1. The highest BCUT2D eigenvalue weighted by Gasteiger charge is 2.49. The van der Waals surface area contributed by atoms with Crippen molar-refractivity contribution in [2.45, 2.75) is 52.7 Å². The van der Waals surface area contributed by atoms with Gasteiger partial charge in [-0.15, -0.1) is 0 Å². The van der Waals surface area contributed by atoms with Gasteiger partial charge < -0.3 is 14.0 Å². The van der Waals surface area contributed by atoms with E-state index in [4.69, 9.17) is 14.0 Å². The van der Waals surface area contributed by atoms with E-state index < -0.39 is 0 Å². The Morgan fingerprint density at radius 2 is 1.81 bits per heavy atom. The van der Waals surface area contributed by atoms with E-state index >= 15 is 0 Å². The van der Waals surface area contributed by atoms with Gasteiger partial charge in [0.05, 0.1) is 17.8 Å². The zero-order valence-corrected chi connectivity index (χ0v) is 13.8. The number of aryl methyl sites for hydroxylation is 1. The molecule has 0 unspecified atom stereocenters. The average Bonchev–Trinajstić information content (AvgIpc) is 2.57. The molecule has 0 radical (unpaired) electrons. The van der Waals surface area contributed by atoms with Crippen molar-refractivity contribution in [2.75, 3.05) is 6.61 Å². The number of rotatable bonds is 4. The molecule has 1 aliphatic rings. The summed E-state index contributed by atoms with van der Waals surface area (Å²) < 4.78 is 17.3. The summed E-state index contributed by atoms with van der Waals surface area (Å²) in [6.07, 6.45) is 1.99. The van der Waals surface area contributed by atoms with Crippen LogP contribution in [0.2, 0.25) is 0 Å². The van der Waals surface area contributed by atoms with Crippen LogP contribution in [0.25, 0.3) is 6.08 Å². The largest absolute Gasteiger partial charge is 0.487 e. The van der Waals surface area contributed by atoms with Crippen molar-refractivity contribution in [1.29, 1.82) is 0 Å². The Morgan fingerprint density at radius 3 is 2.33 bits per heavy atom. The molecule has 114 valence electrons. The van der Waals surface area contributed by atoms with E-state index in [0.717, 1.165) is 11.3 Å². The van der Waals surface area contributed by atoms with Gasteiger partial charge in [-0.3, -0.25) is 0 Å². The minimum absolute atomic E-state index is 0.311. The minimum Gasteiger partial charge on any atom is -0.478 e. The van der Waals surface area contributed by atoms with Crippen molar-refractivity contribution in [3.63, 3.8) is 0 Å². The molecule has 5 heteroatoms. The highest BCUT2D eigenvalue weighted by Crippen LogP contribution is 2.37. The van der Waals surface area contributed by atoms with Gasteiger partial charge in [-0.2, -0.15) is 0 Å². The highest BCUT2D eigenvalue weighted by atomic mass is 16.7. The maximum atomic E-state index is 5.93. The number of ether oxygens (including phenoxy) is 1. The van der Waals surface area contributed by atoms with Crippen molar-refractivity contribution in [3.8, 4) is 5.88 Å². The van der Waals surface area contributed by atoms with Crippen LogP contribution in [0, 0.1) is 6.92 Å². The Kier molecular flexibility index (Phi) is 4.44. The van der Waals surface area contributed by atoms with Crippen molar-refractivity contribution in [3.05, 3.63) is 29.4 Å². The first kappa shape index (κ1) is 16.1. The molecule has 1 aromatic heterocycles. The average molecular weight is 289 g/mol. The molecule has 2 heterocycles. The molecule has 1 saturated heterocycles. The van der Waals surface area contributed by atoms with E-state index in [0.29, 0.717) is 12.5 Å². The third-order valence-electron chi connectivity index (χ3n) is 4.10. The van der Waals surface area contributed by atoms with Gasteiger partial charge in [0.1, 0.15) is 0 Å². The van der Waals surface area contributed by atoms with E-state index in [9.17, 15) is 0 Å². The van der Waals surface area contributed by atoms with E-state index in [2.05, 4.69) is 4.98 Å². The zero-order valence-electron chi connectivity index (χ0n) is 13.8. The molecule has 1 fully saturated rings. The van der Waals surface area contributed by atoms with Gasteiger partial charge in [0, 0.05) is 11.8 Å². The van der Waals surface area contributed by atoms with Crippen LogP contribution in [0.4, 0.5) is 0 Å². The van der Waals surface area contributed by atoms with Crippen molar-refractivity contribution < 1.29 is 14.0 Å². The molecule has 0 amide bonds. The molecule has 21 heavy (non-hydrogen) atoms. The summed E-state index contributed by atoms with van der Waals surface area (Å²) in [5.74, 6) is 2.59. The lowest BCUT2D eigenvalue weighted by Crippen LogP contribution is -2.41. The van der Waals surface area contributed by atoms with Crippen molar-refractivity contribution >= 4 is 13.2 Å². The fourth-order valence-corrected chi connectivity index (χ4v) is 2.10. The predicted octanol–water partition coefficient (Wildman–Crippen LogP) is 3.43. The third-order valence-corrected chi connectivity index (χ3v) is 4.10. The quantitative estimate of drug-likeness (QED) is 0.796. The molecular weight excluding hydrogens is 265 g/mol. The summed E-state index contributed by atoms with van der Waals surface area (Å²) >= 11 is 0. The summed E-state index contributed by atoms with van der Waals surface area (Å²) in [4.78, 5) is 4.41. The molecule has 0 bridgehead atoms. The van der Waals surface area contributed by atoms with Gasteiger partial charge in [-0.05, 0) is 53.2 Å². The van der Waals surface area contributed by atoms with E-state index in [-0.39, 0.29) is 18.3 Å². The van der Waals surface area contributed by atoms with Crippen LogP contribution in [-0.4, -0.2) is 29.9 Å². The second-order valence-electron chi connectivity index (χ2n) is 6.24. The highest BCUT2D eigenvalue weighted by molar-refractivity contribution is 6.52. The van der Waals surface area contributed by atoms with Crippen molar-refractivity contribution in [1.82, 2.24) is 4.98 Å². The minimum atomic E-state index is -0.332. The van der Waals surface area contributed by atoms with Crippen LogP contribution in [-0.2, 0) is 9.31 Å². The first-order chi connectivity index (χ1) is 9.75. The fourth-order valence-electron chi connectivity index (χ4n) is 2.10. The Hall–Kier alpha value is -1.33. The Labute approximate surface area is 127 Å². The van der Waals surface area contributed by atoms with Crippen LogP contribution in [0.3, 0.4) is 0 Å². The maximum Gasteiger partial charge on any atom is 0.487 e. The van der Waals surface area contributed by atoms with E-state index in [1.54, 1.807) is 0 Å². The van der Waals surface area contributed by atoms with Gasteiger partial charge in [-0.25, -0.2) is 4.98 Å². The van der Waals surface area contributed by atoms with E-state index in [1.165, 1.54) is 0 Å². The van der Waals surface area contributed by atoms with Gasteiger partial charge in [-0.1, -0.05) is 12.1 Å². The molecule has 0 atom stereocenters. The molecule has 4 nitrogen and oxygen atoms in total. The summed E-state index contributed by atoms with van der Waals surface area (Å²) in [6.45, 7) is 12.7. The van der Waals surface area contributed by atoms with Crippen LogP contribution < -0.4 is 4.74 Å². The second-order valence-corrected chi connectivity index (χ2v) is 6.24. The SMILES string of the molecule is CCOc1ccc(/C=C/B2OC(C)(C)C(C)(C)O2)c(C)n1. The molecule has 0 saturated carbocycles.